The topological polar surface area (TPSA) is 61.8 Å². The molecule has 0 bridgehead atoms. The highest BCUT2D eigenvalue weighted by Gasteiger charge is 2.26. The molecule has 1 aliphatic heterocycles. The molecule has 3 rings (SSSR count). The highest BCUT2D eigenvalue weighted by molar-refractivity contribution is 6.30. The van der Waals surface area contributed by atoms with E-state index < -0.39 is 5.91 Å². The van der Waals surface area contributed by atoms with Crippen molar-refractivity contribution in [3.63, 3.8) is 0 Å². The van der Waals surface area contributed by atoms with Gasteiger partial charge in [0.25, 0.3) is 0 Å². The Labute approximate surface area is 183 Å². The van der Waals surface area contributed by atoms with Crippen LogP contribution in [0.25, 0.3) is 0 Å². The fourth-order valence-electron chi connectivity index (χ4n) is 4.20. The summed E-state index contributed by atoms with van der Waals surface area (Å²) < 4.78 is 5.68. The maximum atomic E-state index is 11.8. The van der Waals surface area contributed by atoms with Gasteiger partial charge in [-0.15, -0.1) is 0 Å². The lowest BCUT2D eigenvalue weighted by molar-refractivity contribution is -0.132. The summed E-state index contributed by atoms with van der Waals surface area (Å²) in [5.41, 5.74) is 5.25. The number of carbonyl (C=O) groups is 1. The van der Waals surface area contributed by atoms with Crippen LogP contribution in [0, 0.1) is 0 Å². The first kappa shape index (κ1) is 22.8. The second-order valence-electron chi connectivity index (χ2n) is 8.03. The number of carbonyl (C=O) groups excluding carboxylic acids is 1. The molecule has 6 heteroatoms. The van der Waals surface area contributed by atoms with Crippen molar-refractivity contribution in [1.82, 2.24) is 10.4 Å². The van der Waals surface area contributed by atoms with Gasteiger partial charge in [-0.1, -0.05) is 54.4 Å². The molecule has 1 saturated heterocycles. The first-order valence-electron chi connectivity index (χ1n) is 10.6. The van der Waals surface area contributed by atoms with E-state index in [4.69, 9.17) is 21.5 Å². The van der Waals surface area contributed by atoms with Crippen LogP contribution in [0.3, 0.4) is 0 Å². The first-order chi connectivity index (χ1) is 14.6. The number of rotatable bonds is 9. The normalized spacial score (nSPS) is 16.8. The van der Waals surface area contributed by atoms with Crippen molar-refractivity contribution >= 4 is 17.5 Å². The van der Waals surface area contributed by atoms with E-state index in [1.807, 2.05) is 24.3 Å². The minimum absolute atomic E-state index is 0.0301. The smallest absolute Gasteiger partial charge is 0.245 e. The molecule has 0 saturated carbocycles. The van der Waals surface area contributed by atoms with E-state index in [1.54, 1.807) is 12.6 Å². The van der Waals surface area contributed by atoms with Gasteiger partial charge in [0.1, 0.15) is 0 Å². The van der Waals surface area contributed by atoms with Crippen LogP contribution in [0.5, 0.6) is 0 Å². The van der Waals surface area contributed by atoms with E-state index in [9.17, 15) is 4.79 Å². The standard InChI is InChI=1S/C24H31ClN2O3/c1-30-23(16-24(28)26-29)22(15-18-7-11-21(25)12-8-18)20-9-5-19(6-10-20)17-27-13-3-2-4-14-27/h5-12,22-23,29H,2-4,13-17H2,1H3,(H,26,28)/t22-,23-/m1/s1. The van der Waals surface area contributed by atoms with Crippen LogP contribution < -0.4 is 5.48 Å². The van der Waals surface area contributed by atoms with E-state index in [0.717, 1.165) is 17.7 Å². The van der Waals surface area contributed by atoms with Gasteiger partial charge in [0.15, 0.2) is 0 Å². The summed E-state index contributed by atoms with van der Waals surface area (Å²) in [4.78, 5) is 14.3. The summed E-state index contributed by atoms with van der Waals surface area (Å²) in [6.07, 6.45) is 4.33. The van der Waals surface area contributed by atoms with Crippen molar-refractivity contribution in [3.05, 3.63) is 70.2 Å². The lowest BCUT2D eigenvalue weighted by Gasteiger charge is -2.28. The van der Waals surface area contributed by atoms with Gasteiger partial charge in [0, 0.05) is 24.6 Å². The Kier molecular flexibility index (Phi) is 8.70. The molecular weight excluding hydrogens is 400 g/mol. The van der Waals surface area contributed by atoms with Crippen molar-refractivity contribution in [3.8, 4) is 0 Å². The third-order valence-electron chi connectivity index (χ3n) is 5.89. The van der Waals surface area contributed by atoms with Crippen LogP contribution >= 0.6 is 11.6 Å². The van der Waals surface area contributed by atoms with Crippen molar-refractivity contribution in [2.75, 3.05) is 20.2 Å². The zero-order valence-electron chi connectivity index (χ0n) is 17.5. The molecule has 0 radical (unpaired) electrons. The van der Waals surface area contributed by atoms with Gasteiger partial charge in [0.2, 0.25) is 5.91 Å². The molecule has 0 aliphatic carbocycles. The van der Waals surface area contributed by atoms with E-state index >= 15 is 0 Å². The molecule has 162 valence electrons. The number of hydrogen-bond donors (Lipinski definition) is 2. The molecule has 1 amide bonds. The largest absolute Gasteiger partial charge is 0.380 e. The van der Waals surface area contributed by atoms with Gasteiger partial charge in [-0.2, -0.15) is 0 Å². The number of hydrogen-bond acceptors (Lipinski definition) is 4. The predicted molar refractivity (Wildman–Crippen MR) is 119 cm³/mol. The zero-order chi connectivity index (χ0) is 21.3. The third-order valence-corrected chi connectivity index (χ3v) is 6.15. The summed E-state index contributed by atoms with van der Waals surface area (Å²) in [6.45, 7) is 3.31. The Hall–Kier alpha value is -1.92. The van der Waals surface area contributed by atoms with Gasteiger partial charge in [-0.05, 0) is 61.2 Å². The Morgan fingerprint density at radius 3 is 2.30 bits per heavy atom. The number of methoxy groups -OCH3 is 1. The molecule has 0 unspecified atom stereocenters. The second kappa shape index (κ2) is 11.5. The molecule has 1 heterocycles. The molecular formula is C24H31ClN2O3. The quantitative estimate of drug-likeness (QED) is 0.452. The molecule has 1 fully saturated rings. The fraction of sp³-hybridized carbons (Fsp3) is 0.458. The number of amides is 1. The van der Waals surface area contributed by atoms with Gasteiger partial charge >= 0.3 is 0 Å². The van der Waals surface area contributed by atoms with Gasteiger partial charge in [-0.3, -0.25) is 14.9 Å². The van der Waals surface area contributed by atoms with Crippen LogP contribution in [0.2, 0.25) is 5.02 Å². The highest BCUT2D eigenvalue weighted by atomic mass is 35.5. The van der Waals surface area contributed by atoms with Crippen LogP contribution in [-0.4, -0.2) is 42.3 Å². The minimum atomic E-state index is -0.454. The summed E-state index contributed by atoms with van der Waals surface area (Å²) in [5, 5.41) is 9.66. The summed E-state index contributed by atoms with van der Waals surface area (Å²) in [6, 6.07) is 16.4. The summed E-state index contributed by atoms with van der Waals surface area (Å²) in [7, 11) is 1.61. The van der Waals surface area contributed by atoms with Crippen LogP contribution in [0.15, 0.2) is 48.5 Å². The average Bonchev–Trinajstić information content (AvgIpc) is 2.78. The van der Waals surface area contributed by atoms with E-state index in [0.29, 0.717) is 11.4 Å². The molecule has 1 aliphatic rings. The summed E-state index contributed by atoms with van der Waals surface area (Å²) in [5.74, 6) is -0.484. The number of benzene rings is 2. The Morgan fingerprint density at radius 1 is 1.07 bits per heavy atom. The zero-order valence-corrected chi connectivity index (χ0v) is 18.3. The lowest BCUT2D eigenvalue weighted by Crippen LogP contribution is -2.31. The fourth-order valence-corrected chi connectivity index (χ4v) is 4.33. The highest BCUT2D eigenvalue weighted by Crippen LogP contribution is 2.29. The first-order valence-corrected chi connectivity index (χ1v) is 11.0. The van der Waals surface area contributed by atoms with Crippen molar-refractivity contribution in [2.24, 2.45) is 0 Å². The van der Waals surface area contributed by atoms with Crippen molar-refractivity contribution < 1.29 is 14.7 Å². The van der Waals surface area contributed by atoms with Crippen LogP contribution in [0.1, 0.15) is 48.3 Å². The number of halogens is 1. The number of likely N-dealkylation sites (tertiary alicyclic amines) is 1. The monoisotopic (exact) mass is 430 g/mol. The molecule has 0 aromatic heterocycles. The number of hydroxylamine groups is 1. The SMILES string of the molecule is CO[C@H](CC(=O)NO)[C@H](Cc1ccc(Cl)cc1)c1ccc(CN2CCCCC2)cc1. The summed E-state index contributed by atoms with van der Waals surface area (Å²) >= 11 is 6.03. The third kappa shape index (κ3) is 6.54. The maximum absolute atomic E-state index is 11.8. The van der Waals surface area contributed by atoms with Gasteiger partial charge in [-0.25, -0.2) is 5.48 Å². The number of nitrogens with zero attached hydrogens (tertiary/aromatic N) is 1. The van der Waals surface area contributed by atoms with Crippen molar-refractivity contribution in [1.29, 1.82) is 0 Å². The second-order valence-corrected chi connectivity index (χ2v) is 8.47. The number of piperidine rings is 1. The molecule has 2 atom stereocenters. The Morgan fingerprint density at radius 2 is 1.70 bits per heavy atom. The minimum Gasteiger partial charge on any atom is -0.380 e. The van der Waals surface area contributed by atoms with E-state index in [1.165, 1.54) is 37.9 Å². The van der Waals surface area contributed by atoms with Crippen molar-refractivity contribution in [2.45, 2.75) is 50.7 Å². The molecule has 0 spiro atoms. The van der Waals surface area contributed by atoms with E-state index in [-0.39, 0.29) is 18.4 Å². The Bertz CT molecular complexity index is 789. The molecule has 2 N–H and O–H groups in total. The average molecular weight is 431 g/mol. The molecule has 5 nitrogen and oxygen atoms in total. The Balaban J connectivity index is 1.78. The molecule has 30 heavy (non-hydrogen) atoms. The number of nitrogens with one attached hydrogen (secondary N) is 1. The maximum Gasteiger partial charge on any atom is 0.245 e. The predicted octanol–water partition coefficient (Wildman–Crippen LogP) is 4.56. The van der Waals surface area contributed by atoms with Crippen LogP contribution in [0.4, 0.5) is 0 Å². The number of ether oxygens (including phenoxy) is 1. The molecule has 2 aromatic rings. The van der Waals surface area contributed by atoms with Crippen LogP contribution in [-0.2, 0) is 22.5 Å². The van der Waals surface area contributed by atoms with E-state index in [2.05, 4.69) is 29.2 Å². The van der Waals surface area contributed by atoms with Gasteiger partial charge in [0.05, 0.1) is 12.5 Å². The lowest BCUT2D eigenvalue weighted by atomic mass is 9.85. The molecule has 2 aromatic carbocycles. The van der Waals surface area contributed by atoms with Gasteiger partial charge < -0.3 is 4.74 Å².